The van der Waals surface area contributed by atoms with Gasteiger partial charge in [0.2, 0.25) is 0 Å². The zero-order valence-electron chi connectivity index (χ0n) is 15.1. The van der Waals surface area contributed by atoms with E-state index in [1.807, 2.05) is 17.5 Å². The molecule has 2 N–H and O–H groups in total. The van der Waals surface area contributed by atoms with E-state index >= 15 is 0 Å². The number of hydrogen-bond acceptors (Lipinski definition) is 4. The van der Waals surface area contributed by atoms with Crippen LogP contribution in [0.5, 0.6) is 0 Å². The van der Waals surface area contributed by atoms with Crippen molar-refractivity contribution in [3.8, 4) is 11.4 Å². The highest BCUT2D eigenvalue weighted by atomic mass is 32.1. The van der Waals surface area contributed by atoms with Gasteiger partial charge in [0, 0.05) is 23.0 Å². The SMILES string of the molecule is O=C(NCCn1nc(-c2ccc(F)cc2)n(C2CC2)c1=O)NCc1cccs1. The molecule has 0 unspecified atom stereocenters. The number of amides is 2. The van der Waals surface area contributed by atoms with Crippen molar-refractivity contribution in [1.82, 2.24) is 25.0 Å². The maximum atomic E-state index is 13.2. The van der Waals surface area contributed by atoms with Crippen molar-refractivity contribution in [2.45, 2.75) is 32.0 Å². The highest BCUT2D eigenvalue weighted by Crippen LogP contribution is 2.36. The van der Waals surface area contributed by atoms with Crippen molar-refractivity contribution in [1.29, 1.82) is 0 Å². The molecule has 1 fully saturated rings. The molecule has 2 amide bonds. The number of urea groups is 1. The summed E-state index contributed by atoms with van der Waals surface area (Å²) in [6.45, 7) is 1.01. The van der Waals surface area contributed by atoms with Gasteiger partial charge in [-0.15, -0.1) is 16.4 Å². The van der Waals surface area contributed by atoms with Crippen LogP contribution in [0, 0.1) is 5.82 Å². The molecule has 146 valence electrons. The molecule has 9 heteroatoms. The molecule has 2 aromatic heterocycles. The van der Waals surface area contributed by atoms with Gasteiger partial charge in [0.25, 0.3) is 0 Å². The predicted molar refractivity (Wildman–Crippen MR) is 105 cm³/mol. The third-order valence-electron chi connectivity index (χ3n) is 4.50. The number of nitrogens with one attached hydrogen (secondary N) is 2. The van der Waals surface area contributed by atoms with Crippen LogP contribution in [0.25, 0.3) is 11.4 Å². The van der Waals surface area contributed by atoms with Gasteiger partial charge in [0.1, 0.15) is 5.82 Å². The molecule has 2 heterocycles. The summed E-state index contributed by atoms with van der Waals surface area (Å²) in [5.41, 5.74) is 0.494. The summed E-state index contributed by atoms with van der Waals surface area (Å²) in [7, 11) is 0. The van der Waals surface area contributed by atoms with Crippen molar-refractivity contribution in [2.24, 2.45) is 0 Å². The third-order valence-corrected chi connectivity index (χ3v) is 5.37. The van der Waals surface area contributed by atoms with Crippen molar-refractivity contribution in [3.63, 3.8) is 0 Å². The van der Waals surface area contributed by atoms with Gasteiger partial charge in [0.15, 0.2) is 5.82 Å². The van der Waals surface area contributed by atoms with Crippen molar-refractivity contribution in [2.75, 3.05) is 6.54 Å². The number of aromatic nitrogens is 3. The Morgan fingerprint density at radius 2 is 2.00 bits per heavy atom. The monoisotopic (exact) mass is 401 g/mol. The largest absolute Gasteiger partial charge is 0.346 e. The number of rotatable bonds is 7. The van der Waals surface area contributed by atoms with Gasteiger partial charge in [-0.2, -0.15) is 0 Å². The molecular weight excluding hydrogens is 381 g/mol. The smallest absolute Gasteiger partial charge is 0.336 e. The standard InChI is InChI=1S/C19H20FN5O2S/c20-14-5-3-13(4-6-14)17-23-24(19(27)25(17)15-7-8-15)10-9-21-18(26)22-12-16-2-1-11-28-16/h1-6,11,15H,7-10,12H2,(H2,21,22,26). The Balaban J connectivity index is 1.40. The summed E-state index contributed by atoms with van der Waals surface area (Å²) < 4.78 is 16.2. The van der Waals surface area contributed by atoms with Crippen LogP contribution in [0.1, 0.15) is 23.8 Å². The first-order valence-electron chi connectivity index (χ1n) is 9.11. The summed E-state index contributed by atoms with van der Waals surface area (Å²) in [5, 5.41) is 11.9. The number of halogens is 1. The molecule has 0 atom stereocenters. The Labute approximate surface area is 164 Å². The van der Waals surface area contributed by atoms with Gasteiger partial charge in [0.05, 0.1) is 13.1 Å². The lowest BCUT2D eigenvalue weighted by Crippen LogP contribution is -2.38. The molecule has 0 bridgehead atoms. The van der Waals surface area contributed by atoms with E-state index in [-0.39, 0.29) is 36.7 Å². The predicted octanol–water partition coefficient (Wildman–Crippen LogP) is 2.75. The maximum Gasteiger partial charge on any atom is 0.346 e. The normalized spacial score (nSPS) is 13.5. The highest BCUT2D eigenvalue weighted by Gasteiger charge is 2.30. The van der Waals surface area contributed by atoms with Crippen LogP contribution < -0.4 is 16.3 Å². The van der Waals surface area contributed by atoms with E-state index in [0.29, 0.717) is 17.9 Å². The van der Waals surface area contributed by atoms with Gasteiger partial charge in [-0.1, -0.05) is 6.07 Å². The molecule has 1 aromatic carbocycles. The first-order chi connectivity index (χ1) is 13.6. The number of hydrogen-bond donors (Lipinski definition) is 2. The fourth-order valence-electron chi connectivity index (χ4n) is 2.94. The molecule has 1 aliphatic carbocycles. The maximum absolute atomic E-state index is 13.2. The quantitative estimate of drug-likeness (QED) is 0.639. The van der Waals surface area contributed by atoms with E-state index in [4.69, 9.17) is 0 Å². The number of benzene rings is 1. The summed E-state index contributed by atoms with van der Waals surface area (Å²) >= 11 is 1.58. The number of carbonyl (C=O) groups excluding carboxylic acids is 1. The minimum atomic E-state index is -0.332. The molecule has 4 rings (SSSR count). The van der Waals surface area contributed by atoms with E-state index in [9.17, 15) is 14.0 Å². The topological polar surface area (TPSA) is 81.0 Å². The summed E-state index contributed by atoms with van der Waals surface area (Å²) in [6.07, 6.45) is 1.87. The van der Waals surface area contributed by atoms with Crippen molar-refractivity contribution >= 4 is 17.4 Å². The molecule has 0 spiro atoms. The number of thiophene rings is 1. The van der Waals surface area contributed by atoms with Gasteiger partial charge in [-0.3, -0.25) is 4.57 Å². The van der Waals surface area contributed by atoms with E-state index in [1.54, 1.807) is 28.0 Å². The van der Waals surface area contributed by atoms with E-state index < -0.39 is 0 Å². The van der Waals surface area contributed by atoms with Gasteiger partial charge >= 0.3 is 11.7 Å². The molecule has 1 saturated carbocycles. The van der Waals surface area contributed by atoms with Gasteiger partial charge < -0.3 is 10.6 Å². The third kappa shape index (κ3) is 4.14. The van der Waals surface area contributed by atoms with E-state index in [0.717, 1.165) is 17.7 Å². The molecule has 0 aliphatic heterocycles. The Morgan fingerprint density at radius 3 is 2.68 bits per heavy atom. The Kier molecular flexibility index (Phi) is 5.25. The fourth-order valence-corrected chi connectivity index (χ4v) is 3.59. The average molecular weight is 401 g/mol. The second kappa shape index (κ2) is 7.97. The Bertz CT molecular complexity index is 1010. The minimum absolute atomic E-state index is 0.142. The van der Waals surface area contributed by atoms with Crippen LogP contribution in [0.2, 0.25) is 0 Å². The molecule has 0 saturated heterocycles. The van der Waals surface area contributed by atoms with Gasteiger partial charge in [-0.25, -0.2) is 18.7 Å². The lowest BCUT2D eigenvalue weighted by atomic mass is 10.2. The average Bonchev–Trinajstić information content (AvgIpc) is 3.28. The molecule has 28 heavy (non-hydrogen) atoms. The first-order valence-corrected chi connectivity index (χ1v) is 9.99. The summed E-state index contributed by atoms with van der Waals surface area (Å²) in [4.78, 5) is 25.7. The van der Waals surface area contributed by atoms with Crippen LogP contribution in [-0.2, 0) is 13.1 Å². The Hall–Kier alpha value is -2.94. The lowest BCUT2D eigenvalue weighted by Gasteiger charge is -2.06. The Morgan fingerprint density at radius 1 is 1.21 bits per heavy atom. The van der Waals surface area contributed by atoms with Crippen LogP contribution >= 0.6 is 11.3 Å². The molecule has 7 nitrogen and oxygen atoms in total. The molecule has 3 aromatic rings. The number of carbonyl (C=O) groups is 1. The van der Waals surface area contributed by atoms with Crippen LogP contribution in [0.15, 0.2) is 46.6 Å². The van der Waals surface area contributed by atoms with E-state index in [1.165, 1.54) is 16.8 Å². The second-order valence-electron chi connectivity index (χ2n) is 6.63. The lowest BCUT2D eigenvalue weighted by molar-refractivity contribution is 0.240. The zero-order valence-corrected chi connectivity index (χ0v) is 15.9. The highest BCUT2D eigenvalue weighted by molar-refractivity contribution is 7.09. The molecule has 0 radical (unpaired) electrons. The van der Waals surface area contributed by atoms with Crippen LogP contribution in [-0.4, -0.2) is 26.9 Å². The van der Waals surface area contributed by atoms with Crippen LogP contribution in [0.3, 0.4) is 0 Å². The first kappa shape index (κ1) is 18.4. The van der Waals surface area contributed by atoms with Crippen LogP contribution in [0.4, 0.5) is 9.18 Å². The second-order valence-corrected chi connectivity index (χ2v) is 7.66. The van der Waals surface area contributed by atoms with E-state index in [2.05, 4.69) is 15.7 Å². The van der Waals surface area contributed by atoms with Gasteiger partial charge in [-0.05, 0) is 48.6 Å². The molecular formula is C19H20FN5O2S. The summed E-state index contributed by atoms with van der Waals surface area (Å²) in [5.74, 6) is 0.205. The van der Waals surface area contributed by atoms with Crippen molar-refractivity contribution in [3.05, 3.63) is 63.0 Å². The fraction of sp³-hybridized carbons (Fsp3) is 0.316. The minimum Gasteiger partial charge on any atom is -0.336 e. The van der Waals surface area contributed by atoms with Crippen molar-refractivity contribution < 1.29 is 9.18 Å². The summed E-state index contributed by atoms with van der Waals surface area (Å²) in [6, 6.07) is 9.69. The number of nitrogens with zero attached hydrogens (tertiary/aromatic N) is 3. The molecule has 1 aliphatic rings. The zero-order chi connectivity index (χ0) is 19.5.